The summed E-state index contributed by atoms with van der Waals surface area (Å²) in [5.41, 5.74) is 5.57. The van der Waals surface area contributed by atoms with Crippen molar-refractivity contribution < 1.29 is 18.0 Å². The third-order valence-corrected chi connectivity index (χ3v) is 2.84. The van der Waals surface area contributed by atoms with E-state index in [9.17, 15) is 18.0 Å². The van der Waals surface area contributed by atoms with Crippen molar-refractivity contribution in [1.29, 1.82) is 0 Å². The Balaban J connectivity index is 0.00000361. The third kappa shape index (κ3) is 9.21. The van der Waals surface area contributed by atoms with E-state index in [4.69, 9.17) is 5.73 Å². The van der Waals surface area contributed by atoms with Gasteiger partial charge < -0.3 is 16.4 Å². The Kier molecular flexibility index (Phi) is 8.90. The van der Waals surface area contributed by atoms with Gasteiger partial charge in [-0.1, -0.05) is 19.3 Å². The van der Waals surface area contributed by atoms with Gasteiger partial charge in [-0.3, -0.25) is 4.79 Å². The lowest BCUT2D eigenvalue weighted by Gasteiger charge is -2.23. The summed E-state index contributed by atoms with van der Waals surface area (Å²) in [7, 11) is 0. The van der Waals surface area contributed by atoms with Crippen molar-refractivity contribution in [2.75, 3.05) is 13.1 Å². The minimum Gasteiger partial charge on any atom is -0.370 e. The molecule has 0 heterocycles. The van der Waals surface area contributed by atoms with Crippen LogP contribution in [0.2, 0.25) is 0 Å². The molecule has 0 aliphatic heterocycles. The summed E-state index contributed by atoms with van der Waals surface area (Å²) in [4.78, 5) is 14.8. The Hall–Kier alpha value is -0.740. The molecule has 0 unspecified atom stereocenters. The lowest BCUT2D eigenvalue weighted by molar-refractivity contribution is -0.137. The number of halogens is 4. The normalized spacial score (nSPS) is 17.2. The van der Waals surface area contributed by atoms with Crippen molar-refractivity contribution in [2.24, 2.45) is 10.7 Å². The summed E-state index contributed by atoms with van der Waals surface area (Å²) < 4.78 is 35.5. The average molecular weight is 408 g/mol. The first kappa shape index (κ1) is 19.3. The number of hydrogen-bond donors (Lipinski definition) is 3. The molecule has 0 spiro atoms. The van der Waals surface area contributed by atoms with Gasteiger partial charge in [-0.2, -0.15) is 13.2 Å². The number of alkyl halides is 3. The van der Waals surface area contributed by atoms with Crippen LogP contribution in [0.4, 0.5) is 13.2 Å². The number of carbonyl (C=O) groups is 1. The smallest absolute Gasteiger partial charge is 0.370 e. The fourth-order valence-electron chi connectivity index (χ4n) is 1.91. The van der Waals surface area contributed by atoms with E-state index in [-0.39, 0.29) is 36.0 Å². The predicted molar refractivity (Wildman–Crippen MR) is 81.0 cm³/mol. The van der Waals surface area contributed by atoms with Gasteiger partial charge in [0, 0.05) is 6.04 Å². The van der Waals surface area contributed by atoms with Crippen LogP contribution in [0.3, 0.4) is 0 Å². The summed E-state index contributed by atoms with van der Waals surface area (Å²) in [6, 6.07) is 0.246. The molecule has 0 saturated heterocycles. The van der Waals surface area contributed by atoms with Crippen molar-refractivity contribution in [1.82, 2.24) is 10.6 Å². The van der Waals surface area contributed by atoms with Gasteiger partial charge in [0.25, 0.3) is 0 Å². The molecule has 4 N–H and O–H groups in total. The highest BCUT2D eigenvalue weighted by molar-refractivity contribution is 14.0. The molecule has 118 valence electrons. The predicted octanol–water partition coefficient (Wildman–Crippen LogP) is 1.52. The SMILES string of the molecule is I.NC(=NCC(=O)NCC(F)(F)F)NC1CCCCC1. The van der Waals surface area contributed by atoms with Crippen LogP contribution >= 0.6 is 24.0 Å². The first-order valence-electron chi connectivity index (χ1n) is 6.27. The van der Waals surface area contributed by atoms with Crippen LogP contribution in [0.5, 0.6) is 0 Å². The second-order valence-corrected chi connectivity index (χ2v) is 4.57. The lowest BCUT2D eigenvalue weighted by Crippen LogP contribution is -2.42. The summed E-state index contributed by atoms with van der Waals surface area (Å²) in [6.45, 7) is -1.75. The van der Waals surface area contributed by atoms with Crippen LogP contribution in [0.1, 0.15) is 32.1 Å². The van der Waals surface area contributed by atoms with E-state index < -0.39 is 25.2 Å². The van der Waals surface area contributed by atoms with Gasteiger partial charge in [0.05, 0.1) is 0 Å². The van der Waals surface area contributed by atoms with Crippen LogP contribution < -0.4 is 16.4 Å². The molecule has 1 saturated carbocycles. The molecule has 9 heteroatoms. The molecule has 1 amide bonds. The number of nitrogens with zero attached hydrogens (tertiary/aromatic N) is 1. The van der Waals surface area contributed by atoms with Gasteiger partial charge >= 0.3 is 6.18 Å². The second kappa shape index (κ2) is 9.24. The maximum atomic E-state index is 11.8. The molecular formula is C11H20F3IN4O. The highest BCUT2D eigenvalue weighted by atomic mass is 127. The van der Waals surface area contributed by atoms with Crippen molar-refractivity contribution in [3.05, 3.63) is 0 Å². The number of rotatable bonds is 4. The zero-order valence-electron chi connectivity index (χ0n) is 11.0. The monoisotopic (exact) mass is 408 g/mol. The molecule has 1 rings (SSSR count). The van der Waals surface area contributed by atoms with Gasteiger partial charge in [0.15, 0.2) is 5.96 Å². The van der Waals surface area contributed by atoms with Crippen molar-refractivity contribution in [3.8, 4) is 0 Å². The van der Waals surface area contributed by atoms with Gasteiger partial charge in [-0.25, -0.2) is 4.99 Å². The van der Waals surface area contributed by atoms with Gasteiger partial charge in [-0.05, 0) is 12.8 Å². The van der Waals surface area contributed by atoms with Gasteiger partial charge in [0.1, 0.15) is 13.1 Å². The summed E-state index contributed by atoms with van der Waals surface area (Å²) >= 11 is 0. The quantitative estimate of drug-likeness (QED) is 0.375. The maximum Gasteiger partial charge on any atom is 0.405 e. The second-order valence-electron chi connectivity index (χ2n) is 4.57. The number of nitrogens with two attached hydrogens (primary N) is 1. The first-order valence-corrected chi connectivity index (χ1v) is 6.27. The van der Waals surface area contributed by atoms with Crippen molar-refractivity contribution >= 4 is 35.8 Å². The minimum absolute atomic E-state index is 0. The molecule has 0 aromatic carbocycles. The lowest BCUT2D eigenvalue weighted by atomic mass is 9.96. The molecule has 0 atom stereocenters. The van der Waals surface area contributed by atoms with Crippen LogP contribution in [-0.2, 0) is 4.79 Å². The first-order chi connectivity index (χ1) is 8.87. The number of carbonyl (C=O) groups excluding carboxylic acids is 1. The van der Waals surface area contributed by atoms with Crippen LogP contribution in [0.15, 0.2) is 4.99 Å². The molecule has 20 heavy (non-hydrogen) atoms. The zero-order valence-corrected chi connectivity index (χ0v) is 13.3. The fraction of sp³-hybridized carbons (Fsp3) is 0.818. The Bertz CT molecular complexity index is 330. The van der Waals surface area contributed by atoms with Crippen LogP contribution in [0.25, 0.3) is 0 Å². The molecular weight excluding hydrogens is 388 g/mol. The summed E-state index contributed by atoms with van der Waals surface area (Å²) in [6.07, 6.45) is 1.03. The molecule has 0 aromatic heterocycles. The van der Waals surface area contributed by atoms with Crippen LogP contribution in [0, 0.1) is 0 Å². The minimum atomic E-state index is -4.41. The van der Waals surface area contributed by atoms with E-state index in [0.29, 0.717) is 0 Å². The summed E-state index contributed by atoms with van der Waals surface area (Å²) in [5.74, 6) is -0.695. The van der Waals surface area contributed by atoms with E-state index in [2.05, 4.69) is 10.3 Å². The number of guanidine groups is 1. The van der Waals surface area contributed by atoms with E-state index >= 15 is 0 Å². The maximum absolute atomic E-state index is 11.8. The topological polar surface area (TPSA) is 79.5 Å². The molecule has 5 nitrogen and oxygen atoms in total. The largest absolute Gasteiger partial charge is 0.405 e. The van der Waals surface area contributed by atoms with Crippen molar-refractivity contribution in [2.45, 2.75) is 44.3 Å². The number of nitrogens with one attached hydrogen (secondary N) is 2. The standard InChI is InChI=1S/C11H19F3N4O.HI/c12-11(13,14)7-17-9(19)6-16-10(15)18-8-4-2-1-3-5-8;/h8H,1-7H2,(H,17,19)(H3,15,16,18);1H. The average Bonchev–Trinajstić information content (AvgIpc) is 2.34. The molecule has 0 aromatic rings. The zero-order chi connectivity index (χ0) is 14.3. The summed E-state index contributed by atoms with van der Waals surface area (Å²) in [5, 5.41) is 4.70. The number of aliphatic imine (C=N–C) groups is 1. The Morgan fingerprint density at radius 2 is 1.85 bits per heavy atom. The Labute approximate surface area is 133 Å². The third-order valence-electron chi connectivity index (χ3n) is 2.84. The highest BCUT2D eigenvalue weighted by Crippen LogP contribution is 2.17. The van der Waals surface area contributed by atoms with E-state index in [1.54, 1.807) is 5.32 Å². The number of amides is 1. The fourth-order valence-corrected chi connectivity index (χ4v) is 1.91. The van der Waals surface area contributed by atoms with E-state index in [1.165, 1.54) is 6.42 Å². The molecule has 0 bridgehead atoms. The Morgan fingerprint density at radius 3 is 2.40 bits per heavy atom. The molecule has 1 aliphatic rings. The van der Waals surface area contributed by atoms with E-state index in [1.807, 2.05) is 0 Å². The molecule has 1 aliphatic carbocycles. The van der Waals surface area contributed by atoms with Gasteiger partial charge in [-0.15, -0.1) is 24.0 Å². The highest BCUT2D eigenvalue weighted by Gasteiger charge is 2.27. The Morgan fingerprint density at radius 1 is 1.25 bits per heavy atom. The molecule has 1 fully saturated rings. The van der Waals surface area contributed by atoms with E-state index in [0.717, 1.165) is 25.7 Å². The number of hydrogen-bond acceptors (Lipinski definition) is 2. The molecule has 0 radical (unpaired) electrons. The van der Waals surface area contributed by atoms with Gasteiger partial charge in [0.2, 0.25) is 5.91 Å². The van der Waals surface area contributed by atoms with Crippen LogP contribution in [-0.4, -0.2) is 37.2 Å². The van der Waals surface area contributed by atoms with Crippen molar-refractivity contribution in [3.63, 3.8) is 0 Å².